The number of piperidine rings is 1. The Labute approximate surface area is 600 Å². The van der Waals surface area contributed by atoms with Crippen molar-refractivity contribution in [2.45, 2.75) is 206 Å². The summed E-state index contributed by atoms with van der Waals surface area (Å²) >= 11 is 1.03. The van der Waals surface area contributed by atoms with Crippen molar-refractivity contribution in [2.75, 3.05) is 51.6 Å². The second-order valence-corrected chi connectivity index (χ2v) is 29.4. The van der Waals surface area contributed by atoms with Crippen LogP contribution in [0.4, 0.5) is 4.79 Å². The Hall–Kier alpha value is -7.05. The molecule has 1 fully saturated rings. The topological polar surface area (TPSA) is 474 Å². The number of carboxylic acid groups (broad SMARTS) is 2. The van der Waals surface area contributed by atoms with E-state index in [1.54, 1.807) is 19.1 Å². The van der Waals surface area contributed by atoms with Gasteiger partial charge in [0, 0.05) is 98.7 Å². The van der Waals surface area contributed by atoms with Crippen LogP contribution in [-0.2, 0) is 68.6 Å². The third-order valence-electron chi connectivity index (χ3n) is 17.4. The minimum Gasteiger partial charge on any atom is -0.508 e. The number of carbonyl (C=O) groups excluding carboxylic acids is 10. The first kappa shape index (κ1) is 88.2. The molecule has 1 aromatic carbocycles. The zero-order valence-electron chi connectivity index (χ0n) is 58.9. The van der Waals surface area contributed by atoms with Gasteiger partial charge in [-0.1, -0.05) is 95.0 Å². The minimum atomic E-state index is -1.98. The van der Waals surface area contributed by atoms with E-state index in [1.165, 1.54) is 36.3 Å². The molecule has 0 radical (unpaired) electrons. The molecule has 0 aliphatic carbocycles. The number of carboxylic acids is 2. The number of aliphatic hydroxyl groups is 5. The van der Waals surface area contributed by atoms with E-state index in [-0.39, 0.29) is 115 Å². The molecule has 31 nitrogen and oxygen atoms in total. The molecule has 14 atom stereocenters. The molecule has 568 valence electrons. The Morgan fingerprint density at radius 1 is 0.802 bits per heavy atom. The maximum absolute atomic E-state index is 15.1. The Kier molecular flexibility index (Phi) is 40.0. The molecule has 1 saturated heterocycles. The molecule has 2 aromatic rings. The van der Waals surface area contributed by atoms with Crippen molar-refractivity contribution in [2.24, 2.45) is 35.5 Å². The van der Waals surface area contributed by atoms with Gasteiger partial charge in [0.2, 0.25) is 23.6 Å². The SMILES string of the molecule is CCCC(=O)OCN(C(=O)[C@@H](CC(=O)[C@H]1CCCCN1C)C(C)CC)[C@H](C[C@@H](OC(C)=O)c1nc(C(=O)N[C@@H](Cc2ccc(O)cc2)C[C@H](C)C(=O)NNC(=O)OCCSSC[C@H](CC(=O)[C@H](CCC(=O)NC[C@H](O)[C@@H](O)[C@H](O)[C@H](O)CO)NC(=O)[C@@H](C)CCC(=O)O)C(=O)O)cs1)C(C)C. The summed E-state index contributed by atoms with van der Waals surface area (Å²) in [5, 5.41) is 87.2. The van der Waals surface area contributed by atoms with E-state index in [1.807, 2.05) is 46.6 Å². The Bertz CT molecular complexity index is 3020. The molecule has 1 aromatic heterocycles. The van der Waals surface area contributed by atoms with Crippen molar-refractivity contribution in [1.29, 1.82) is 0 Å². The van der Waals surface area contributed by atoms with Crippen LogP contribution in [0.1, 0.15) is 172 Å². The molecule has 1 unspecified atom stereocenters. The Balaban J connectivity index is 1.68. The van der Waals surface area contributed by atoms with Crippen molar-refractivity contribution in [3.63, 3.8) is 0 Å². The number of phenolic OH excluding ortho intramolecular Hbond substituents is 1. The van der Waals surface area contributed by atoms with Crippen LogP contribution in [0.5, 0.6) is 5.75 Å². The zero-order chi connectivity index (χ0) is 75.6. The van der Waals surface area contributed by atoms with E-state index in [0.29, 0.717) is 24.8 Å². The van der Waals surface area contributed by atoms with Gasteiger partial charge in [-0.15, -0.1) is 11.3 Å². The summed E-state index contributed by atoms with van der Waals surface area (Å²) in [6, 6.07) is 2.91. The fourth-order valence-corrected chi connectivity index (χ4v) is 14.0. The molecular weight excluding hydrogens is 1380 g/mol. The van der Waals surface area contributed by atoms with E-state index in [4.69, 9.17) is 24.4 Å². The van der Waals surface area contributed by atoms with Crippen LogP contribution in [-0.4, -0.2) is 227 Å². The van der Waals surface area contributed by atoms with E-state index < -0.39 is 164 Å². The number of likely N-dealkylation sites (N-methyl/N-ethyl adjacent to an activating group) is 1. The van der Waals surface area contributed by atoms with E-state index in [2.05, 4.69) is 31.8 Å². The predicted molar refractivity (Wildman–Crippen MR) is 372 cm³/mol. The van der Waals surface area contributed by atoms with Crippen LogP contribution in [0, 0.1) is 35.5 Å². The quantitative estimate of drug-likeness (QED) is 0.0112. The van der Waals surface area contributed by atoms with Gasteiger partial charge < -0.3 is 75.9 Å². The van der Waals surface area contributed by atoms with Gasteiger partial charge in [-0.25, -0.2) is 15.2 Å². The van der Waals surface area contributed by atoms with E-state index >= 15 is 4.79 Å². The van der Waals surface area contributed by atoms with Gasteiger partial charge in [0.15, 0.2) is 24.4 Å². The lowest BCUT2D eigenvalue weighted by Crippen LogP contribution is -2.50. The van der Waals surface area contributed by atoms with Crippen LogP contribution >= 0.6 is 32.9 Å². The molecule has 3 rings (SSSR count). The molecule has 1 aliphatic heterocycles. The summed E-state index contributed by atoms with van der Waals surface area (Å²) in [6.07, 6.45) is -7.85. The summed E-state index contributed by atoms with van der Waals surface area (Å²) in [6.45, 7) is 12.1. The number of aromatic nitrogens is 1. The fourth-order valence-electron chi connectivity index (χ4n) is 11.0. The summed E-state index contributed by atoms with van der Waals surface area (Å²) in [4.78, 5) is 166. The van der Waals surface area contributed by atoms with Gasteiger partial charge in [0.05, 0.1) is 30.7 Å². The number of phenols is 1. The standard InChI is InChI=1S/C67H104N8O23S3/c1-10-14-58(86)97-36-75(65(92)46(38(5)11-2)30-52(80)49-15-12-13-24-74(49)9)50(37(3)4)31-55(98-41(8)77)64-71-48(35-99-64)63(91)69-44(28-42-17-19-45(78)20-18-42)27-40(7)62(90)72-73-67(95)96-25-26-100-101-34-43(66(93)94)29-51(79)47(70-61(89)39(6)16-23-57(84)85)21-22-56(83)68-32-53(81)59(87)60(88)54(82)33-76/h17-20,35,37-40,43-44,46-47,49-50,53-55,59-60,76,78,81-82,87-88H,10-16,21-34,36H2,1-9H3,(H,68,83)(H,69,91)(H,70,89)(H,72,90)(H,73,95)(H,84,85)(H,93,94)/t38?,39-,40-,43-,44+,46-,47-,49+,50+,53-,54+,55+,59+,60+/m0/s1. The molecule has 0 saturated carbocycles. The van der Waals surface area contributed by atoms with Crippen LogP contribution < -0.4 is 26.8 Å². The van der Waals surface area contributed by atoms with Crippen molar-refractivity contribution in [3.05, 3.63) is 45.9 Å². The number of hydrogen-bond acceptors (Lipinski definition) is 26. The fraction of sp³-hybridized carbons (Fsp3) is 0.687. The smallest absolute Gasteiger partial charge is 0.426 e. The number of rotatable bonds is 47. The number of hydrazine groups is 1. The maximum atomic E-state index is 15.1. The highest BCUT2D eigenvalue weighted by Crippen LogP contribution is 2.34. The van der Waals surface area contributed by atoms with Gasteiger partial charge in [-0.2, -0.15) is 0 Å². The summed E-state index contributed by atoms with van der Waals surface area (Å²) in [5.41, 5.74) is 5.06. The average molecular weight is 1490 g/mol. The predicted octanol–water partition coefficient (Wildman–Crippen LogP) is 3.59. The number of aromatic hydroxyl groups is 1. The van der Waals surface area contributed by atoms with Crippen LogP contribution in [0.25, 0.3) is 0 Å². The number of aliphatic hydroxyl groups excluding tert-OH is 5. The van der Waals surface area contributed by atoms with E-state index in [9.17, 15) is 83.4 Å². The first-order valence-electron chi connectivity index (χ1n) is 34.0. The molecule has 0 spiro atoms. The lowest BCUT2D eigenvalue weighted by molar-refractivity contribution is -0.162. The molecule has 13 N–H and O–H groups in total. The molecule has 6 amide bonds. The number of benzene rings is 1. The van der Waals surface area contributed by atoms with E-state index in [0.717, 1.165) is 52.3 Å². The summed E-state index contributed by atoms with van der Waals surface area (Å²) < 4.78 is 16.8. The van der Waals surface area contributed by atoms with Crippen molar-refractivity contribution in [1.82, 2.24) is 41.6 Å². The second-order valence-electron chi connectivity index (χ2n) is 25.9. The van der Waals surface area contributed by atoms with Crippen molar-refractivity contribution < 1.29 is 113 Å². The average Bonchev–Trinajstić information content (AvgIpc) is 1.76. The van der Waals surface area contributed by atoms with Gasteiger partial charge >= 0.3 is 30.0 Å². The highest BCUT2D eigenvalue weighted by molar-refractivity contribution is 8.76. The number of ether oxygens (including phenoxy) is 3. The summed E-state index contributed by atoms with van der Waals surface area (Å²) in [7, 11) is 4.00. The number of aliphatic carboxylic acids is 2. The number of ketones is 2. The first-order chi connectivity index (χ1) is 47.7. The lowest BCUT2D eigenvalue weighted by atomic mass is 9.82. The first-order valence-corrected chi connectivity index (χ1v) is 37.3. The lowest BCUT2D eigenvalue weighted by Gasteiger charge is -2.39. The van der Waals surface area contributed by atoms with Crippen molar-refractivity contribution >= 4 is 104 Å². The molecular formula is C67H104N8O23S3. The number of nitrogens with zero attached hydrogens (tertiary/aromatic N) is 3. The third kappa shape index (κ3) is 31.6. The number of likely N-dealkylation sites (tertiary alicyclic amines) is 1. The minimum absolute atomic E-state index is 0.00473. The van der Waals surface area contributed by atoms with Crippen LogP contribution in [0.15, 0.2) is 29.6 Å². The van der Waals surface area contributed by atoms with Gasteiger partial charge in [0.1, 0.15) is 41.4 Å². The number of Topliss-reactive ketones (excluding diaryl/α,β-unsaturated/α-hetero) is 2. The number of amides is 6. The van der Waals surface area contributed by atoms with Gasteiger partial charge in [-0.05, 0) is 88.1 Å². The summed E-state index contributed by atoms with van der Waals surface area (Å²) in [5.74, 6) is -12.4. The molecule has 1 aliphatic rings. The Morgan fingerprint density at radius 2 is 1.49 bits per heavy atom. The normalized spacial score (nSPS) is 17.1. The number of esters is 2. The van der Waals surface area contributed by atoms with Crippen LogP contribution in [0.3, 0.4) is 0 Å². The molecule has 34 heteroatoms. The molecule has 2 heterocycles. The highest BCUT2D eigenvalue weighted by atomic mass is 33.1. The Morgan fingerprint density at radius 3 is 2.10 bits per heavy atom. The number of nitrogens with one attached hydrogen (secondary N) is 5. The van der Waals surface area contributed by atoms with Crippen molar-refractivity contribution in [3.8, 4) is 5.75 Å². The molecule has 101 heavy (non-hydrogen) atoms. The molecule has 0 bridgehead atoms. The van der Waals surface area contributed by atoms with Gasteiger partial charge in [0.25, 0.3) is 5.91 Å². The largest absolute Gasteiger partial charge is 0.508 e. The number of thiazole rings is 1. The monoisotopic (exact) mass is 1480 g/mol. The van der Waals surface area contributed by atoms with Gasteiger partial charge in [-0.3, -0.25) is 63.1 Å². The second kappa shape index (κ2) is 45.8. The zero-order valence-corrected chi connectivity index (χ0v) is 61.3. The number of carbonyl (C=O) groups is 12. The highest BCUT2D eigenvalue weighted by Gasteiger charge is 2.41. The maximum Gasteiger partial charge on any atom is 0.426 e. The number of hydrogen-bond donors (Lipinski definition) is 13. The van der Waals surface area contributed by atoms with Crippen LogP contribution in [0.2, 0.25) is 0 Å². The third-order valence-corrected chi connectivity index (χ3v) is 20.8.